The Balaban J connectivity index is 1.49. The van der Waals surface area contributed by atoms with Crippen LogP contribution in [0.5, 0.6) is 0 Å². The van der Waals surface area contributed by atoms with Gasteiger partial charge in [-0.05, 0) is 30.4 Å². The normalized spacial score (nSPS) is 22.2. The Morgan fingerprint density at radius 1 is 1.15 bits per heavy atom. The molecular formula is C20H23N3O4. The minimum absolute atomic E-state index is 0.0914. The summed E-state index contributed by atoms with van der Waals surface area (Å²) >= 11 is 0. The highest BCUT2D eigenvalue weighted by atomic mass is 16.8. The average Bonchev–Trinajstić information content (AvgIpc) is 2.67. The fourth-order valence-corrected chi connectivity index (χ4v) is 4.37. The lowest BCUT2D eigenvalue weighted by Gasteiger charge is -2.43. The van der Waals surface area contributed by atoms with Gasteiger partial charge in [0.1, 0.15) is 0 Å². The van der Waals surface area contributed by atoms with Crippen LogP contribution in [-0.2, 0) is 17.8 Å². The van der Waals surface area contributed by atoms with Gasteiger partial charge < -0.3 is 14.7 Å². The number of quaternary nitrogens is 1. The molecule has 2 N–H and O–H groups in total. The number of pyridine rings is 1. The summed E-state index contributed by atoms with van der Waals surface area (Å²) in [5.41, 5.74) is 1.39. The van der Waals surface area contributed by atoms with Crippen molar-refractivity contribution in [3.63, 3.8) is 0 Å². The van der Waals surface area contributed by atoms with Crippen molar-refractivity contribution in [1.29, 1.82) is 0 Å². The third-order valence-electron chi connectivity index (χ3n) is 5.66. The predicted octanol–water partition coefficient (Wildman–Crippen LogP) is 0.830. The van der Waals surface area contributed by atoms with E-state index in [9.17, 15) is 20.0 Å². The number of rotatable bonds is 4. The number of hydrogen-bond donors (Lipinski definition) is 2. The SMILES string of the molecule is O=C(CCc1ccccc1)N1C[C@H]2C[C@H](C1)c1ccc([NH+]([O-])O)c(=O)n1C2. The summed E-state index contributed by atoms with van der Waals surface area (Å²) < 4.78 is 1.61. The first-order chi connectivity index (χ1) is 13.0. The van der Waals surface area contributed by atoms with Crippen molar-refractivity contribution in [2.45, 2.75) is 31.7 Å². The molecule has 2 aromatic rings. The van der Waals surface area contributed by atoms with E-state index in [4.69, 9.17) is 0 Å². The number of aryl methyl sites for hydroxylation is 1. The zero-order valence-corrected chi connectivity index (χ0v) is 15.0. The van der Waals surface area contributed by atoms with Gasteiger partial charge in [-0.25, -0.2) is 5.21 Å². The van der Waals surface area contributed by atoms with Gasteiger partial charge >= 0.3 is 5.56 Å². The smallest absolute Gasteiger partial charge is 0.315 e. The van der Waals surface area contributed by atoms with Crippen molar-refractivity contribution in [3.05, 3.63) is 69.3 Å². The molecule has 3 heterocycles. The van der Waals surface area contributed by atoms with E-state index in [1.54, 1.807) is 10.6 Å². The van der Waals surface area contributed by atoms with E-state index in [0.29, 0.717) is 26.1 Å². The second-order valence-corrected chi connectivity index (χ2v) is 7.48. The number of nitrogens with zero attached hydrogens (tertiary/aromatic N) is 2. The third kappa shape index (κ3) is 3.53. The number of carbonyl (C=O) groups excluding carboxylic acids is 1. The standard InChI is InChI=1S/C20H23N3O4/c24-19(9-6-14-4-2-1-3-5-14)21-11-15-10-16(13-21)17-7-8-18(23(26)27)20(25)22(17)12-15/h1-5,7-8,15-16,23,26H,6,9-13H2/t15-,16-/m1/s1. The highest BCUT2D eigenvalue weighted by Crippen LogP contribution is 2.35. The van der Waals surface area contributed by atoms with E-state index >= 15 is 0 Å². The number of fused-ring (bicyclic) bond motifs is 4. The van der Waals surface area contributed by atoms with Crippen molar-refractivity contribution >= 4 is 11.6 Å². The van der Waals surface area contributed by atoms with Crippen molar-refractivity contribution in [3.8, 4) is 0 Å². The molecule has 1 aromatic carbocycles. The highest BCUT2D eigenvalue weighted by molar-refractivity contribution is 5.76. The number of benzene rings is 1. The lowest BCUT2D eigenvalue weighted by molar-refractivity contribution is -0.992. The molecule has 27 heavy (non-hydrogen) atoms. The molecule has 7 nitrogen and oxygen atoms in total. The number of piperidine rings is 1. The Bertz CT molecular complexity index is 894. The Labute approximate surface area is 157 Å². The number of nitrogens with one attached hydrogen (secondary N) is 1. The van der Waals surface area contributed by atoms with Crippen LogP contribution in [0.4, 0.5) is 5.69 Å². The largest absolute Gasteiger partial charge is 0.595 e. The summed E-state index contributed by atoms with van der Waals surface area (Å²) in [5, 5.41) is 19.2. The molecule has 1 saturated heterocycles. The maximum absolute atomic E-state index is 12.7. The van der Waals surface area contributed by atoms with Gasteiger partial charge in [-0.15, -0.1) is 0 Å². The molecule has 0 spiro atoms. The van der Waals surface area contributed by atoms with Crippen LogP contribution in [-0.4, -0.2) is 33.7 Å². The van der Waals surface area contributed by atoms with E-state index in [0.717, 1.165) is 24.1 Å². The van der Waals surface area contributed by atoms with E-state index in [2.05, 4.69) is 0 Å². The second kappa shape index (κ2) is 7.26. The van der Waals surface area contributed by atoms with Gasteiger partial charge in [0.2, 0.25) is 11.6 Å². The molecule has 142 valence electrons. The minimum Gasteiger partial charge on any atom is -0.595 e. The number of aromatic nitrogens is 1. The lowest BCUT2D eigenvalue weighted by Crippen LogP contribution is -3.00. The van der Waals surface area contributed by atoms with Crippen LogP contribution in [0.15, 0.2) is 47.3 Å². The van der Waals surface area contributed by atoms with E-state index in [1.165, 1.54) is 6.07 Å². The number of amides is 1. The van der Waals surface area contributed by atoms with Crippen molar-refractivity contribution in [1.82, 2.24) is 9.47 Å². The summed E-state index contributed by atoms with van der Waals surface area (Å²) in [5.74, 6) is 0.430. The molecule has 1 aromatic heterocycles. The van der Waals surface area contributed by atoms with Crippen LogP contribution < -0.4 is 10.8 Å². The summed E-state index contributed by atoms with van der Waals surface area (Å²) in [6, 6.07) is 13.1. The van der Waals surface area contributed by atoms with Gasteiger partial charge in [-0.2, -0.15) is 5.23 Å². The predicted molar refractivity (Wildman–Crippen MR) is 98.7 cm³/mol. The summed E-state index contributed by atoms with van der Waals surface area (Å²) in [6.45, 7) is 1.71. The van der Waals surface area contributed by atoms with Crippen molar-refractivity contribution in [2.24, 2.45) is 5.92 Å². The average molecular weight is 369 g/mol. The quantitative estimate of drug-likeness (QED) is 0.781. The van der Waals surface area contributed by atoms with Crippen LogP contribution in [0.2, 0.25) is 0 Å². The molecule has 4 rings (SSSR count). The van der Waals surface area contributed by atoms with Gasteiger partial charge in [0.05, 0.1) is 0 Å². The van der Waals surface area contributed by atoms with Gasteiger partial charge in [-0.3, -0.25) is 9.59 Å². The van der Waals surface area contributed by atoms with Crippen LogP contribution in [0, 0.1) is 11.1 Å². The number of carbonyl (C=O) groups is 1. The molecule has 0 aliphatic carbocycles. The summed E-state index contributed by atoms with van der Waals surface area (Å²) in [4.78, 5) is 27.1. The zero-order valence-electron chi connectivity index (χ0n) is 15.0. The van der Waals surface area contributed by atoms with E-state index < -0.39 is 10.8 Å². The van der Waals surface area contributed by atoms with Crippen LogP contribution in [0.1, 0.15) is 30.0 Å². The Kier molecular flexibility index (Phi) is 4.82. The number of likely N-dealkylation sites (tertiary alicyclic amines) is 1. The fourth-order valence-electron chi connectivity index (χ4n) is 4.37. The van der Waals surface area contributed by atoms with Crippen molar-refractivity contribution in [2.75, 3.05) is 13.1 Å². The Morgan fingerprint density at radius 3 is 2.67 bits per heavy atom. The molecule has 1 fully saturated rings. The van der Waals surface area contributed by atoms with E-state index in [1.807, 2.05) is 35.2 Å². The first-order valence-corrected chi connectivity index (χ1v) is 9.31. The van der Waals surface area contributed by atoms with E-state index in [-0.39, 0.29) is 23.4 Å². The first kappa shape index (κ1) is 17.9. The summed E-state index contributed by atoms with van der Waals surface area (Å²) in [6.07, 6.45) is 2.14. The van der Waals surface area contributed by atoms with Gasteiger partial charge in [-0.1, -0.05) is 30.3 Å². The molecule has 2 bridgehead atoms. The van der Waals surface area contributed by atoms with Crippen molar-refractivity contribution < 1.29 is 15.2 Å². The molecule has 2 aliphatic rings. The second-order valence-electron chi connectivity index (χ2n) is 7.48. The molecule has 3 atom stereocenters. The van der Waals surface area contributed by atoms with Gasteiger partial charge in [0.25, 0.3) is 0 Å². The molecule has 0 saturated carbocycles. The van der Waals surface area contributed by atoms with Crippen LogP contribution in [0.3, 0.4) is 0 Å². The monoisotopic (exact) mass is 369 g/mol. The highest BCUT2D eigenvalue weighted by Gasteiger charge is 2.36. The van der Waals surface area contributed by atoms with Crippen LogP contribution in [0.25, 0.3) is 0 Å². The molecule has 7 heteroatoms. The molecule has 2 aliphatic heterocycles. The fraction of sp³-hybridized carbons (Fsp3) is 0.400. The third-order valence-corrected chi connectivity index (χ3v) is 5.66. The molecule has 1 unspecified atom stereocenters. The summed E-state index contributed by atoms with van der Waals surface area (Å²) in [7, 11) is 0. The molecule has 0 radical (unpaired) electrons. The topological polar surface area (TPSA) is 90.0 Å². The van der Waals surface area contributed by atoms with Gasteiger partial charge in [0, 0.05) is 43.7 Å². The first-order valence-electron chi connectivity index (χ1n) is 9.31. The Hall–Kier alpha value is -2.48. The van der Waals surface area contributed by atoms with Gasteiger partial charge in [0.15, 0.2) is 0 Å². The maximum atomic E-state index is 12.7. The minimum atomic E-state index is -1.19. The molecule has 1 amide bonds. The lowest BCUT2D eigenvalue weighted by atomic mass is 9.83. The zero-order chi connectivity index (χ0) is 19.0. The number of hydrogen-bond acceptors (Lipinski definition) is 4. The Morgan fingerprint density at radius 2 is 1.93 bits per heavy atom. The maximum Gasteiger partial charge on any atom is 0.315 e. The van der Waals surface area contributed by atoms with Crippen LogP contribution >= 0.6 is 0 Å². The molecular weight excluding hydrogens is 346 g/mol.